The number of H-pyrrole nitrogens is 1. The second kappa shape index (κ2) is 5.54. The molecule has 0 unspecified atom stereocenters. The second-order valence-corrected chi connectivity index (χ2v) is 6.04. The molecule has 1 aromatic carbocycles. The Morgan fingerprint density at radius 3 is 2.50 bits per heavy atom. The Labute approximate surface area is 135 Å². The minimum absolute atomic E-state index is 0.322. The molecule has 5 nitrogen and oxygen atoms in total. The number of fused-ring (bicyclic) bond motifs is 1. The van der Waals surface area contributed by atoms with Gasteiger partial charge in [-0.05, 0) is 13.0 Å². The van der Waals surface area contributed by atoms with Crippen molar-refractivity contribution in [2.45, 2.75) is 13.1 Å². The van der Waals surface area contributed by atoms with Gasteiger partial charge in [-0.15, -0.1) is 0 Å². The molecule has 2 amide bonds. The van der Waals surface area contributed by atoms with Gasteiger partial charge in [-0.25, -0.2) is 0 Å². The number of likely N-dealkylation sites (tertiary alicyclic amines) is 1. The van der Waals surface area contributed by atoms with E-state index in [1.807, 2.05) is 0 Å². The van der Waals surface area contributed by atoms with Crippen LogP contribution in [-0.2, 0) is 4.79 Å². The molecule has 2 atom stereocenters. The summed E-state index contributed by atoms with van der Waals surface area (Å²) >= 11 is 0. The summed E-state index contributed by atoms with van der Waals surface area (Å²) in [6, 6.07) is 7.06. The summed E-state index contributed by atoms with van der Waals surface area (Å²) in [4.78, 5) is 28.3. The predicted octanol–water partition coefficient (Wildman–Crippen LogP) is 2.21. The van der Waals surface area contributed by atoms with Gasteiger partial charge in [-0.2, -0.15) is 13.2 Å². The molecule has 1 aliphatic rings. The number of primary amides is 1. The molecule has 0 bridgehead atoms. The number of carbonyl (C=O) groups excluding carboxylic acids is 2. The first kappa shape index (κ1) is 16.4. The standard InChI is InChI=1S/C16H16F3N3O2/c1-8-13(9-4-2-3-5-12(9)21-8)15(24)22-6-10(14(20)23)11(7-22)16(17,18)19/h2-5,10-11,21H,6-7H2,1H3,(H2,20,23)/t10-,11-/m1/s1. The highest BCUT2D eigenvalue weighted by Gasteiger charge is 2.53. The van der Waals surface area contributed by atoms with Crippen LogP contribution in [0, 0.1) is 18.8 Å². The molecule has 0 radical (unpaired) electrons. The SMILES string of the molecule is Cc1[nH]c2ccccc2c1C(=O)N1C[C@@H](C(F)(F)F)[C@H](C(N)=O)C1. The number of rotatable bonds is 2. The Balaban J connectivity index is 1.96. The lowest BCUT2D eigenvalue weighted by atomic mass is 9.95. The lowest BCUT2D eigenvalue weighted by molar-refractivity contribution is -0.182. The molecular formula is C16H16F3N3O2. The monoisotopic (exact) mass is 339 g/mol. The van der Waals surface area contributed by atoms with Crippen LogP contribution < -0.4 is 5.73 Å². The average Bonchev–Trinajstić information content (AvgIpc) is 3.06. The Morgan fingerprint density at radius 2 is 1.92 bits per heavy atom. The highest BCUT2D eigenvalue weighted by atomic mass is 19.4. The third kappa shape index (κ3) is 2.61. The smallest absolute Gasteiger partial charge is 0.369 e. The number of alkyl halides is 3. The highest BCUT2D eigenvalue weighted by Crippen LogP contribution is 2.38. The van der Waals surface area contributed by atoms with Crippen molar-refractivity contribution in [1.29, 1.82) is 0 Å². The van der Waals surface area contributed by atoms with E-state index in [-0.39, 0.29) is 6.54 Å². The number of nitrogens with two attached hydrogens (primary N) is 1. The van der Waals surface area contributed by atoms with Crippen LogP contribution in [0.2, 0.25) is 0 Å². The average molecular weight is 339 g/mol. The second-order valence-electron chi connectivity index (χ2n) is 6.04. The Morgan fingerprint density at radius 1 is 1.25 bits per heavy atom. The molecule has 1 saturated heterocycles. The van der Waals surface area contributed by atoms with Gasteiger partial charge in [0.05, 0.1) is 17.4 Å². The molecule has 3 N–H and O–H groups in total. The fourth-order valence-corrected chi connectivity index (χ4v) is 3.30. The number of benzene rings is 1. The highest BCUT2D eigenvalue weighted by molar-refractivity contribution is 6.08. The lowest BCUT2D eigenvalue weighted by Crippen LogP contribution is -2.37. The van der Waals surface area contributed by atoms with Crippen LogP contribution in [0.5, 0.6) is 0 Å². The molecule has 2 heterocycles. The zero-order valence-corrected chi connectivity index (χ0v) is 12.9. The molecule has 1 aromatic heterocycles. The molecule has 3 rings (SSSR count). The van der Waals surface area contributed by atoms with Gasteiger partial charge in [-0.3, -0.25) is 9.59 Å². The first-order chi connectivity index (χ1) is 11.2. The molecule has 0 saturated carbocycles. The first-order valence-corrected chi connectivity index (χ1v) is 7.42. The van der Waals surface area contributed by atoms with Gasteiger partial charge in [0.15, 0.2) is 0 Å². The van der Waals surface area contributed by atoms with E-state index in [0.717, 1.165) is 10.4 Å². The van der Waals surface area contributed by atoms with E-state index in [0.29, 0.717) is 16.6 Å². The fraction of sp³-hybridized carbons (Fsp3) is 0.375. The number of para-hydroxylation sites is 1. The maximum Gasteiger partial charge on any atom is 0.394 e. The molecule has 1 aliphatic heterocycles. The van der Waals surface area contributed by atoms with E-state index in [2.05, 4.69) is 4.98 Å². The van der Waals surface area contributed by atoms with Gasteiger partial charge in [0.2, 0.25) is 5.91 Å². The number of nitrogens with zero attached hydrogens (tertiary/aromatic N) is 1. The summed E-state index contributed by atoms with van der Waals surface area (Å²) in [5.74, 6) is -4.91. The van der Waals surface area contributed by atoms with Crippen LogP contribution in [-0.4, -0.2) is 41.0 Å². The number of hydrogen-bond acceptors (Lipinski definition) is 2. The minimum Gasteiger partial charge on any atom is -0.369 e. The molecular weight excluding hydrogens is 323 g/mol. The predicted molar refractivity (Wildman–Crippen MR) is 81.2 cm³/mol. The van der Waals surface area contributed by atoms with Gasteiger partial charge >= 0.3 is 6.18 Å². The largest absolute Gasteiger partial charge is 0.394 e. The van der Waals surface area contributed by atoms with Gasteiger partial charge in [-0.1, -0.05) is 18.2 Å². The Kier molecular flexibility index (Phi) is 3.77. The summed E-state index contributed by atoms with van der Waals surface area (Å²) < 4.78 is 39.4. The van der Waals surface area contributed by atoms with Crippen molar-refractivity contribution < 1.29 is 22.8 Å². The van der Waals surface area contributed by atoms with Crippen molar-refractivity contribution in [1.82, 2.24) is 9.88 Å². The van der Waals surface area contributed by atoms with Crippen molar-refractivity contribution in [3.8, 4) is 0 Å². The number of carbonyl (C=O) groups is 2. The Bertz CT molecular complexity index is 812. The number of aromatic amines is 1. The van der Waals surface area contributed by atoms with Gasteiger partial charge in [0.1, 0.15) is 0 Å². The number of nitrogens with one attached hydrogen (secondary N) is 1. The Hall–Kier alpha value is -2.51. The topological polar surface area (TPSA) is 79.2 Å². The van der Waals surface area contributed by atoms with Crippen molar-refractivity contribution in [2.24, 2.45) is 17.6 Å². The number of aryl methyl sites for hydroxylation is 1. The maximum absolute atomic E-state index is 13.1. The van der Waals surface area contributed by atoms with Gasteiger partial charge in [0, 0.05) is 29.7 Å². The van der Waals surface area contributed by atoms with Crippen molar-refractivity contribution in [3.05, 3.63) is 35.5 Å². The van der Waals surface area contributed by atoms with Crippen molar-refractivity contribution >= 4 is 22.7 Å². The van der Waals surface area contributed by atoms with Crippen molar-refractivity contribution in [3.63, 3.8) is 0 Å². The van der Waals surface area contributed by atoms with E-state index in [9.17, 15) is 22.8 Å². The van der Waals surface area contributed by atoms with Crippen LogP contribution >= 0.6 is 0 Å². The molecule has 2 aromatic rings. The zero-order valence-electron chi connectivity index (χ0n) is 12.9. The molecule has 24 heavy (non-hydrogen) atoms. The number of amides is 2. The van der Waals surface area contributed by atoms with Crippen LogP contribution in [0.15, 0.2) is 24.3 Å². The third-order valence-electron chi connectivity index (χ3n) is 4.50. The summed E-state index contributed by atoms with van der Waals surface area (Å²) in [6.45, 7) is 0.808. The summed E-state index contributed by atoms with van der Waals surface area (Å²) in [5, 5.41) is 0.645. The minimum atomic E-state index is -4.58. The van der Waals surface area contributed by atoms with Crippen LogP contribution in [0.1, 0.15) is 16.1 Å². The van der Waals surface area contributed by atoms with E-state index in [4.69, 9.17) is 5.73 Å². The van der Waals surface area contributed by atoms with Gasteiger partial charge < -0.3 is 15.6 Å². The lowest BCUT2D eigenvalue weighted by Gasteiger charge is -2.18. The van der Waals surface area contributed by atoms with Crippen LogP contribution in [0.4, 0.5) is 13.2 Å². The molecule has 8 heteroatoms. The van der Waals surface area contributed by atoms with Crippen LogP contribution in [0.3, 0.4) is 0 Å². The quantitative estimate of drug-likeness (QED) is 0.880. The van der Waals surface area contributed by atoms with Crippen molar-refractivity contribution in [2.75, 3.05) is 13.1 Å². The molecule has 0 spiro atoms. The van der Waals surface area contributed by atoms with E-state index < -0.39 is 36.4 Å². The van der Waals surface area contributed by atoms with E-state index in [1.54, 1.807) is 31.2 Å². The van der Waals surface area contributed by atoms with Gasteiger partial charge in [0.25, 0.3) is 5.91 Å². The first-order valence-electron chi connectivity index (χ1n) is 7.42. The fourth-order valence-electron chi connectivity index (χ4n) is 3.30. The number of hydrogen-bond donors (Lipinski definition) is 2. The van der Waals surface area contributed by atoms with E-state index in [1.165, 1.54) is 0 Å². The molecule has 1 fully saturated rings. The van der Waals surface area contributed by atoms with E-state index >= 15 is 0 Å². The zero-order chi connectivity index (χ0) is 17.6. The summed E-state index contributed by atoms with van der Waals surface area (Å²) in [7, 11) is 0. The third-order valence-corrected chi connectivity index (χ3v) is 4.50. The maximum atomic E-state index is 13.1. The normalized spacial score (nSPS) is 21.4. The summed E-state index contributed by atoms with van der Waals surface area (Å²) in [6.07, 6.45) is -4.58. The molecule has 128 valence electrons. The number of halogens is 3. The summed E-state index contributed by atoms with van der Waals surface area (Å²) in [5.41, 5.74) is 6.74. The van der Waals surface area contributed by atoms with Crippen LogP contribution in [0.25, 0.3) is 10.9 Å². The number of aromatic nitrogens is 1. The molecule has 0 aliphatic carbocycles.